The predicted molar refractivity (Wildman–Crippen MR) is 107 cm³/mol. The van der Waals surface area contributed by atoms with Crippen molar-refractivity contribution < 1.29 is 18.7 Å². The summed E-state index contributed by atoms with van der Waals surface area (Å²) in [7, 11) is 0. The predicted octanol–water partition coefficient (Wildman–Crippen LogP) is 2.95. The van der Waals surface area contributed by atoms with E-state index in [0.717, 1.165) is 44.3 Å². The van der Waals surface area contributed by atoms with E-state index in [0.29, 0.717) is 19.6 Å². The van der Waals surface area contributed by atoms with Crippen LogP contribution in [0.4, 0.5) is 9.18 Å². The molecule has 0 atom stereocenters. The summed E-state index contributed by atoms with van der Waals surface area (Å²) in [5.74, 6) is -0.395. The summed E-state index contributed by atoms with van der Waals surface area (Å²) < 4.78 is 18.8. The molecule has 0 aromatic heterocycles. The lowest BCUT2D eigenvalue weighted by Gasteiger charge is -2.31. The highest BCUT2D eigenvalue weighted by molar-refractivity contribution is 5.85. The smallest absolute Gasteiger partial charge is 0.410 e. The zero-order valence-electron chi connectivity index (χ0n) is 16.3. The molecule has 1 N–H and O–H groups in total. The Hall–Kier alpha value is -1.86. The lowest BCUT2D eigenvalue weighted by atomic mass is 9.92. The van der Waals surface area contributed by atoms with Gasteiger partial charge in [0, 0.05) is 25.9 Å². The molecule has 1 spiro atoms. The van der Waals surface area contributed by atoms with E-state index in [1.54, 1.807) is 17.0 Å². The van der Waals surface area contributed by atoms with Gasteiger partial charge in [-0.3, -0.25) is 9.69 Å². The molecule has 0 bridgehead atoms. The van der Waals surface area contributed by atoms with Crippen LogP contribution >= 0.6 is 12.4 Å². The third-order valence-electron chi connectivity index (χ3n) is 5.30. The number of piperidine rings is 1. The quantitative estimate of drug-likeness (QED) is 0.746. The van der Waals surface area contributed by atoms with Crippen molar-refractivity contribution in [2.24, 2.45) is 0 Å². The molecule has 28 heavy (non-hydrogen) atoms. The molecule has 2 amide bonds. The Balaban J connectivity index is 0.00000280. The number of nitrogens with one attached hydrogen (secondary N) is 1. The summed E-state index contributed by atoms with van der Waals surface area (Å²) in [4.78, 5) is 28.4. The second kappa shape index (κ2) is 10.1. The first-order valence-electron chi connectivity index (χ1n) is 9.72. The molecule has 6 nitrogen and oxygen atoms in total. The summed E-state index contributed by atoms with van der Waals surface area (Å²) in [6.45, 7) is 5.24. The monoisotopic (exact) mass is 413 g/mol. The number of amides is 2. The number of carbonyl (C=O) groups is 2. The van der Waals surface area contributed by atoms with Crippen LogP contribution in [-0.4, -0.2) is 60.1 Å². The third kappa shape index (κ3) is 5.58. The summed E-state index contributed by atoms with van der Waals surface area (Å²) in [5, 5.41) is 3.27. The summed E-state index contributed by atoms with van der Waals surface area (Å²) in [6.07, 6.45) is 3.00. The largest absolute Gasteiger partial charge is 0.441 e. The van der Waals surface area contributed by atoms with E-state index in [-0.39, 0.29) is 30.7 Å². The zero-order chi connectivity index (χ0) is 19.3. The third-order valence-corrected chi connectivity index (χ3v) is 5.30. The van der Waals surface area contributed by atoms with E-state index in [1.807, 2.05) is 0 Å². The van der Waals surface area contributed by atoms with Crippen LogP contribution in [0.3, 0.4) is 0 Å². The van der Waals surface area contributed by atoms with Gasteiger partial charge in [0.05, 0.1) is 6.54 Å². The van der Waals surface area contributed by atoms with E-state index in [4.69, 9.17) is 4.74 Å². The second-order valence-electron chi connectivity index (χ2n) is 7.45. The van der Waals surface area contributed by atoms with E-state index >= 15 is 0 Å². The van der Waals surface area contributed by atoms with Crippen molar-refractivity contribution in [3.8, 4) is 0 Å². The Morgan fingerprint density at radius 3 is 2.61 bits per heavy atom. The topological polar surface area (TPSA) is 61.9 Å². The van der Waals surface area contributed by atoms with Crippen molar-refractivity contribution in [2.45, 2.75) is 44.8 Å². The molecule has 0 aliphatic carbocycles. The van der Waals surface area contributed by atoms with Crippen molar-refractivity contribution in [3.05, 3.63) is 35.6 Å². The van der Waals surface area contributed by atoms with Crippen molar-refractivity contribution in [3.63, 3.8) is 0 Å². The van der Waals surface area contributed by atoms with E-state index in [2.05, 4.69) is 12.2 Å². The Kier molecular flexibility index (Phi) is 8.07. The molecule has 1 aromatic carbocycles. The lowest BCUT2D eigenvalue weighted by molar-refractivity contribution is -0.132. The lowest BCUT2D eigenvalue weighted by Crippen LogP contribution is -2.46. The molecular formula is C20H29ClFN3O3. The van der Waals surface area contributed by atoms with E-state index < -0.39 is 11.7 Å². The number of rotatable bonds is 7. The van der Waals surface area contributed by atoms with Gasteiger partial charge in [-0.25, -0.2) is 9.18 Å². The minimum Gasteiger partial charge on any atom is -0.441 e. The van der Waals surface area contributed by atoms with Gasteiger partial charge in [-0.2, -0.15) is 0 Å². The second-order valence-corrected chi connectivity index (χ2v) is 7.45. The molecule has 8 heteroatoms. The van der Waals surface area contributed by atoms with Crippen LogP contribution in [0.25, 0.3) is 0 Å². The van der Waals surface area contributed by atoms with Gasteiger partial charge in [-0.15, -0.1) is 12.4 Å². The Morgan fingerprint density at radius 1 is 1.29 bits per heavy atom. The fourth-order valence-corrected chi connectivity index (χ4v) is 3.67. The summed E-state index contributed by atoms with van der Waals surface area (Å²) in [6, 6.07) is 6.18. The SMILES string of the molecule is CCCCN(Cc1ccc(F)cc1)C(=O)CN1CC2(CCNCC2)OC1=O.Cl. The zero-order valence-corrected chi connectivity index (χ0v) is 17.1. The Labute approximate surface area is 171 Å². The van der Waals surface area contributed by atoms with Gasteiger partial charge in [0.25, 0.3) is 0 Å². The number of hydrogen-bond acceptors (Lipinski definition) is 4. The molecule has 0 radical (unpaired) electrons. The van der Waals surface area contributed by atoms with Gasteiger partial charge in [-0.05, 0) is 37.2 Å². The molecule has 0 unspecified atom stereocenters. The molecular weight excluding hydrogens is 385 g/mol. The number of hydrogen-bond donors (Lipinski definition) is 1. The standard InChI is InChI=1S/C20H28FN3O3.ClH/c1-2-3-12-23(13-16-4-6-17(21)7-5-16)18(25)14-24-15-20(27-19(24)26)8-10-22-11-9-20;/h4-7,22H,2-3,8-15H2,1H3;1H. The average molecular weight is 414 g/mol. The van der Waals surface area contributed by atoms with Gasteiger partial charge < -0.3 is 15.0 Å². The first kappa shape index (κ1) is 22.4. The molecule has 0 saturated carbocycles. The number of halogens is 2. The van der Waals surface area contributed by atoms with Crippen LogP contribution < -0.4 is 5.32 Å². The molecule has 2 heterocycles. The molecule has 3 rings (SSSR count). The van der Waals surface area contributed by atoms with Crippen LogP contribution in [0.15, 0.2) is 24.3 Å². The van der Waals surface area contributed by atoms with Gasteiger partial charge >= 0.3 is 6.09 Å². The maximum absolute atomic E-state index is 13.1. The van der Waals surface area contributed by atoms with Crippen LogP contribution in [0.1, 0.15) is 38.2 Å². The number of ether oxygens (including phenoxy) is 1. The maximum atomic E-state index is 13.1. The van der Waals surface area contributed by atoms with Gasteiger partial charge in [0.1, 0.15) is 18.0 Å². The van der Waals surface area contributed by atoms with Crippen LogP contribution in [0.2, 0.25) is 0 Å². The van der Waals surface area contributed by atoms with Crippen molar-refractivity contribution in [2.75, 3.05) is 32.7 Å². The summed E-state index contributed by atoms with van der Waals surface area (Å²) >= 11 is 0. The fourth-order valence-electron chi connectivity index (χ4n) is 3.67. The van der Waals surface area contributed by atoms with E-state index in [9.17, 15) is 14.0 Å². The summed E-state index contributed by atoms with van der Waals surface area (Å²) in [5.41, 5.74) is 0.424. The number of carbonyl (C=O) groups excluding carboxylic acids is 2. The van der Waals surface area contributed by atoms with Crippen LogP contribution in [0, 0.1) is 5.82 Å². The first-order valence-corrected chi connectivity index (χ1v) is 9.72. The molecule has 2 aliphatic rings. The normalized spacial score (nSPS) is 17.9. The highest BCUT2D eigenvalue weighted by Crippen LogP contribution is 2.31. The van der Waals surface area contributed by atoms with Gasteiger partial charge in [0.2, 0.25) is 5.91 Å². The number of nitrogens with zero attached hydrogens (tertiary/aromatic N) is 2. The first-order chi connectivity index (χ1) is 13.0. The number of unbranched alkanes of at least 4 members (excludes halogenated alkanes) is 1. The van der Waals surface area contributed by atoms with Crippen molar-refractivity contribution in [1.82, 2.24) is 15.1 Å². The highest BCUT2D eigenvalue weighted by Gasteiger charge is 2.46. The Morgan fingerprint density at radius 2 is 1.96 bits per heavy atom. The van der Waals surface area contributed by atoms with Crippen LogP contribution in [-0.2, 0) is 16.1 Å². The fraction of sp³-hybridized carbons (Fsp3) is 0.600. The minimum atomic E-state index is -0.451. The highest BCUT2D eigenvalue weighted by atomic mass is 35.5. The molecule has 1 aromatic rings. The van der Waals surface area contributed by atoms with Crippen LogP contribution in [0.5, 0.6) is 0 Å². The average Bonchev–Trinajstić information content (AvgIpc) is 2.95. The number of benzene rings is 1. The molecule has 2 aliphatic heterocycles. The molecule has 156 valence electrons. The van der Waals surface area contributed by atoms with Crippen molar-refractivity contribution in [1.29, 1.82) is 0 Å². The van der Waals surface area contributed by atoms with Gasteiger partial charge in [0.15, 0.2) is 0 Å². The van der Waals surface area contributed by atoms with Gasteiger partial charge in [-0.1, -0.05) is 25.5 Å². The minimum absolute atomic E-state index is 0. The maximum Gasteiger partial charge on any atom is 0.410 e. The molecule has 2 fully saturated rings. The molecule has 2 saturated heterocycles. The Bertz CT molecular complexity index is 665. The van der Waals surface area contributed by atoms with E-state index in [1.165, 1.54) is 17.0 Å². The van der Waals surface area contributed by atoms with Crippen molar-refractivity contribution >= 4 is 24.4 Å².